The second-order valence-electron chi connectivity index (χ2n) is 6.59. The normalized spacial score (nSPS) is 11.8. The summed E-state index contributed by atoms with van der Waals surface area (Å²) in [5, 5.41) is 0. The Balaban J connectivity index is -0.000000845. The third kappa shape index (κ3) is 13.1. The van der Waals surface area contributed by atoms with Crippen LogP contribution in [-0.2, 0) is 15.6 Å². The van der Waals surface area contributed by atoms with E-state index in [1.54, 1.807) is 6.92 Å². The third-order valence-corrected chi connectivity index (χ3v) is 8.29. The van der Waals surface area contributed by atoms with Crippen molar-refractivity contribution in [1.82, 2.24) is 4.98 Å². The fraction of sp³-hybridized carbons (Fsp3) is 0.471. The van der Waals surface area contributed by atoms with Crippen LogP contribution in [0.15, 0.2) is 47.8 Å². The average Bonchev–Trinajstić information content (AvgIpc) is 2.49. The van der Waals surface area contributed by atoms with Gasteiger partial charge in [-0.1, -0.05) is 44.6 Å². The molecule has 0 saturated heterocycles. The predicted octanol–water partition coefficient (Wildman–Crippen LogP) is -10.8. The van der Waals surface area contributed by atoms with Crippen LogP contribution in [0.4, 0.5) is 0 Å². The molecule has 0 bridgehead atoms. The summed E-state index contributed by atoms with van der Waals surface area (Å²) in [6.45, 7) is 5.58. The predicted molar refractivity (Wildman–Crippen MR) is 92.9 cm³/mol. The maximum atomic E-state index is 11.9. The zero-order chi connectivity index (χ0) is 20.0. The SMILES string of the molecule is CC(C)=CCC/C(C)=C/CC(Cc1cccnc1)(P(=O)([O-])[O-])P(=O)([O-])[O-].[Na+].[Na+].[Na+].[Na+]. The summed E-state index contributed by atoms with van der Waals surface area (Å²) in [6, 6.07) is 2.90. The number of aromatic nitrogens is 1. The zero-order valence-electron chi connectivity index (χ0n) is 19.1. The van der Waals surface area contributed by atoms with E-state index in [4.69, 9.17) is 0 Å². The Morgan fingerprint density at radius 2 is 1.53 bits per heavy atom. The van der Waals surface area contributed by atoms with E-state index in [1.165, 1.54) is 30.6 Å². The monoisotopic (exact) mass is 491 g/mol. The molecule has 0 aliphatic carbocycles. The molecule has 1 aromatic heterocycles. The molecule has 1 heterocycles. The van der Waals surface area contributed by atoms with Crippen molar-refractivity contribution in [3.63, 3.8) is 0 Å². The maximum Gasteiger partial charge on any atom is 1.00 e. The van der Waals surface area contributed by atoms with E-state index in [0.717, 1.165) is 5.57 Å². The van der Waals surface area contributed by atoms with Gasteiger partial charge in [0.1, 0.15) is 0 Å². The van der Waals surface area contributed by atoms with Crippen LogP contribution in [0.2, 0.25) is 0 Å². The van der Waals surface area contributed by atoms with Gasteiger partial charge in [-0.15, -0.1) is 0 Å². The van der Waals surface area contributed by atoms with Gasteiger partial charge in [-0.3, -0.25) is 4.98 Å². The minimum absolute atomic E-state index is 0. The first kappa shape index (κ1) is 40.1. The fourth-order valence-corrected chi connectivity index (χ4v) is 5.08. The molecule has 30 heavy (non-hydrogen) atoms. The molecular weight excluding hydrogens is 468 g/mol. The second kappa shape index (κ2) is 18.2. The van der Waals surface area contributed by atoms with Gasteiger partial charge in [-0.25, -0.2) is 0 Å². The maximum absolute atomic E-state index is 11.9. The van der Waals surface area contributed by atoms with E-state index in [1.807, 2.05) is 19.9 Å². The number of nitrogens with zero attached hydrogens (tertiary/aromatic N) is 1. The molecule has 1 aromatic rings. The first-order valence-corrected chi connectivity index (χ1v) is 11.2. The van der Waals surface area contributed by atoms with Crippen molar-refractivity contribution < 1.29 is 147 Å². The van der Waals surface area contributed by atoms with Crippen molar-refractivity contribution in [1.29, 1.82) is 0 Å². The van der Waals surface area contributed by atoms with Crippen molar-refractivity contribution in [2.75, 3.05) is 0 Å². The molecule has 0 aliphatic rings. The Morgan fingerprint density at radius 3 is 1.93 bits per heavy atom. The van der Waals surface area contributed by atoms with Gasteiger partial charge in [-0.05, 0) is 58.1 Å². The van der Waals surface area contributed by atoms with Crippen LogP contribution in [-0.4, -0.2) is 9.88 Å². The molecule has 0 fully saturated rings. The van der Waals surface area contributed by atoms with Crippen molar-refractivity contribution >= 4 is 15.2 Å². The van der Waals surface area contributed by atoms with Crippen molar-refractivity contribution in [2.24, 2.45) is 0 Å². The molecule has 1 rings (SSSR count). The third-order valence-electron chi connectivity index (χ3n) is 4.10. The second-order valence-corrected chi connectivity index (χ2v) is 10.6. The molecule has 7 nitrogen and oxygen atoms in total. The topological polar surface area (TPSA) is 139 Å². The first-order chi connectivity index (χ1) is 11.9. The molecule has 13 heteroatoms. The van der Waals surface area contributed by atoms with Crippen molar-refractivity contribution in [3.8, 4) is 0 Å². The fourth-order valence-electron chi connectivity index (χ4n) is 2.50. The Morgan fingerprint density at radius 1 is 1.00 bits per heavy atom. The van der Waals surface area contributed by atoms with Crippen LogP contribution in [0.1, 0.15) is 45.6 Å². The molecule has 0 amide bonds. The number of hydrogen-bond acceptors (Lipinski definition) is 7. The van der Waals surface area contributed by atoms with E-state index in [-0.39, 0.29) is 124 Å². The van der Waals surface area contributed by atoms with Gasteiger partial charge < -0.3 is 28.7 Å². The number of rotatable bonds is 9. The van der Waals surface area contributed by atoms with Gasteiger partial charge >= 0.3 is 118 Å². The number of allylic oxidation sites excluding steroid dienone is 4. The minimum Gasteiger partial charge on any atom is -0.810 e. The number of pyridine rings is 1. The Hall–Kier alpha value is 2.93. The number of hydrogen-bond donors (Lipinski definition) is 0. The molecule has 0 aliphatic heterocycles. The molecular formula is C17H23NNa4O6P2. The Kier molecular flexibility index (Phi) is 24.4. The van der Waals surface area contributed by atoms with Crippen LogP contribution >= 0.6 is 15.2 Å². The summed E-state index contributed by atoms with van der Waals surface area (Å²) in [6.07, 6.45) is 5.88. The summed E-state index contributed by atoms with van der Waals surface area (Å²) in [4.78, 5) is 48.3. The molecule has 0 atom stereocenters. The van der Waals surface area contributed by atoms with Crippen LogP contribution < -0.4 is 138 Å². The van der Waals surface area contributed by atoms with Gasteiger partial charge in [0.15, 0.2) is 0 Å². The molecule has 0 saturated carbocycles. The van der Waals surface area contributed by atoms with Gasteiger partial charge in [0.25, 0.3) is 0 Å². The van der Waals surface area contributed by atoms with Crippen LogP contribution in [0.3, 0.4) is 0 Å². The summed E-state index contributed by atoms with van der Waals surface area (Å²) >= 11 is 0. The molecule has 0 N–H and O–H groups in total. The summed E-state index contributed by atoms with van der Waals surface area (Å²) < 4.78 is 23.7. The van der Waals surface area contributed by atoms with E-state index in [0.29, 0.717) is 18.4 Å². The van der Waals surface area contributed by atoms with Gasteiger partial charge in [0, 0.05) is 17.3 Å². The van der Waals surface area contributed by atoms with E-state index >= 15 is 0 Å². The van der Waals surface area contributed by atoms with Gasteiger partial charge in [0.05, 0.1) is 0 Å². The quantitative estimate of drug-likeness (QED) is 0.190. The Labute approximate surface area is 267 Å². The van der Waals surface area contributed by atoms with Gasteiger partial charge in [0.2, 0.25) is 0 Å². The van der Waals surface area contributed by atoms with E-state index in [9.17, 15) is 28.7 Å². The molecule has 0 aromatic carbocycles. The molecule has 0 unspecified atom stereocenters. The minimum atomic E-state index is -5.76. The van der Waals surface area contributed by atoms with Crippen LogP contribution in [0.5, 0.6) is 0 Å². The summed E-state index contributed by atoms with van der Waals surface area (Å²) in [5.74, 6) is 0. The van der Waals surface area contributed by atoms with E-state index in [2.05, 4.69) is 4.98 Å². The summed E-state index contributed by atoms with van der Waals surface area (Å²) in [7, 11) is -11.5. The zero-order valence-corrected chi connectivity index (χ0v) is 28.9. The standard InChI is InChI=1S/C17H27NO6P2.4Na/c1-14(2)6-4-7-15(3)9-10-17(25(19,20)21,26(22,23)24)12-16-8-5-11-18-13-16;;;;/h5-6,8-9,11,13H,4,7,10,12H2,1-3H3,(H2,19,20,21)(H2,22,23,24);;;;/q;4*+1/p-4/b15-9+;;;;. The van der Waals surface area contributed by atoms with Crippen LogP contribution in [0, 0.1) is 0 Å². The molecule has 0 spiro atoms. The van der Waals surface area contributed by atoms with E-state index < -0.39 is 32.9 Å². The van der Waals surface area contributed by atoms with Crippen molar-refractivity contribution in [2.45, 2.75) is 51.4 Å². The molecule has 0 radical (unpaired) electrons. The largest absolute Gasteiger partial charge is 1.00 e. The Bertz CT molecular complexity index is 739. The van der Waals surface area contributed by atoms with Gasteiger partial charge in [-0.2, -0.15) is 0 Å². The molecule has 146 valence electrons. The van der Waals surface area contributed by atoms with Crippen LogP contribution in [0.25, 0.3) is 0 Å². The first-order valence-electron chi connectivity index (χ1n) is 8.11. The smallest absolute Gasteiger partial charge is 0.810 e. The van der Waals surface area contributed by atoms with Crippen molar-refractivity contribution in [3.05, 3.63) is 53.4 Å². The average molecular weight is 491 g/mol. The summed E-state index contributed by atoms with van der Waals surface area (Å²) in [5.41, 5.74) is 2.03.